The summed E-state index contributed by atoms with van der Waals surface area (Å²) < 4.78 is 0. The van der Waals surface area contributed by atoms with Crippen LogP contribution in [-0.2, 0) is 9.63 Å². The summed E-state index contributed by atoms with van der Waals surface area (Å²) in [6.07, 6.45) is 6.63. The van der Waals surface area contributed by atoms with Gasteiger partial charge in [-0.1, -0.05) is 12.0 Å². The van der Waals surface area contributed by atoms with Crippen molar-refractivity contribution >= 4 is 5.91 Å². The molecule has 0 fully saturated rings. The molecule has 0 heterocycles. The van der Waals surface area contributed by atoms with E-state index in [-0.39, 0.29) is 12.3 Å². The van der Waals surface area contributed by atoms with E-state index < -0.39 is 0 Å². The predicted octanol–water partition coefficient (Wildman–Crippen LogP) is 0.976. The zero-order valence-electron chi connectivity index (χ0n) is 7.25. The van der Waals surface area contributed by atoms with E-state index in [1.807, 2.05) is 6.92 Å². The molecule has 0 spiro atoms. The van der Waals surface area contributed by atoms with E-state index >= 15 is 0 Å². The zero-order valence-corrected chi connectivity index (χ0v) is 7.25. The van der Waals surface area contributed by atoms with Gasteiger partial charge in [-0.2, -0.15) is 0 Å². The van der Waals surface area contributed by atoms with E-state index in [9.17, 15) is 4.79 Å². The van der Waals surface area contributed by atoms with Crippen molar-refractivity contribution in [1.82, 2.24) is 5.06 Å². The average Bonchev–Trinajstić information content (AvgIpc) is 2.06. The topological polar surface area (TPSA) is 29.5 Å². The molecule has 3 heteroatoms. The number of hydrogen-bond acceptors (Lipinski definition) is 2. The van der Waals surface area contributed by atoms with Crippen molar-refractivity contribution in [2.75, 3.05) is 13.2 Å². The molecule has 0 N–H and O–H groups in total. The van der Waals surface area contributed by atoms with Crippen LogP contribution in [0, 0.1) is 12.3 Å². The molecule has 0 saturated carbocycles. The number of nitrogens with zero attached hydrogens (tertiary/aromatic N) is 1. The van der Waals surface area contributed by atoms with Gasteiger partial charge in [-0.15, -0.1) is 13.0 Å². The minimum Gasteiger partial charge on any atom is -0.271 e. The van der Waals surface area contributed by atoms with Crippen LogP contribution in [0.4, 0.5) is 0 Å². The van der Waals surface area contributed by atoms with E-state index in [1.165, 1.54) is 5.06 Å². The predicted molar refractivity (Wildman–Crippen MR) is 47.0 cm³/mol. The van der Waals surface area contributed by atoms with Crippen LogP contribution in [0.3, 0.4) is 0 Å². The van der Waals surface area contributed by atoms with E-state index in [0.29, 0.717) is 13.2 Å². The summed E-state index contributed by atoms with van der Waals surface area (Å²) in [5.74, 6) is 2.07. The number of terminal acetylenes is 1. The Bertz CT molecular complexity index is 193. The first-order chi connectivity index (χ1) is 5.76. The van der Waals surface area contributed by atoms with Crippen LogP contribution in [0.5, 0.6) is 0 Å². The monoisotopic (exact) mass is 167 g/mol. The maximum absolute atomic E-state index is 11.1. The Morgan fingerprint density at radius 1 is 1.83 bits per heavy atom. The Balaban J connectivity index is 3.88. The normalized spacial score (nSPS) is 8.67. The van der Waals surface area contributed by atoms with Crippen LogP contribution in [0.25, 0.3) is 0 Å². The molecule has 0 aliphatic carbocycles. The third-order valence-corrected chi connectivity index (χ3v) is 1.17. The van der Waals surface area contributed by atoms with Crippen LogP contribution < -0.4 is 0 Å². The second kappa shape index (κ2) is 6.44. The Hall–Kier alpha value is -1.27. The molecule has 0 atom stereocenters. The first-order valence-corrected chi connectivity index (χ1v) is 3.73. The van der Waals surface area contributed by atoms with Gasteiger partial charge in [-0.3, -0.25) is 9.63 Å². The second-order valence-corrected chi connectivity index (χ2v) is 2.05. The smallest absolute Gasteiger partial charge is 0.258 e. The molecule has 0 radical (unpaired) electrons. The number of hydroxylamine groups is 2. The largest absolute Gasteiger partial charge is 0.271 e. The van der Waals surface area contributed by atoms with E-state index in [4.69, 9.17) is 11.3 Å². The minimum atomic E-state index is -0.193. The zero-order chi connectivity index (χ0) is 9.40. The molecule has 0 aromatic heterocycles. The summed E-state index contributed by atoms with van der Waals surface area (Å²) in [6.45, 7) is 6.10. The van der Waals surface area contributed by atoms with E-state index in [2.05, 4.69) is 12.5 Å². The lowest BCUT2D eigenvalue weighted by Crippen LogP contribution is -2.30. The number of hydrogen-bond donors (Lipinski definition) is 0. The van der Waals surface area contributed by atoms with Gasteiger partial charge in [0, 0.05) is 6.54 Å². The van der Waals surface area contributed by atoms with Crippen molar-refractivity contribution < 1.29 is 9.63 Å². The Labute approximate surface area is 73.0 Å². The summed E-state index contributed by atoms with van der Waals surface area (Å²) in [5.41, 5.74) is 0. The molecule has 0 aromatic rings. The molecule has 3 nitrogen and oxygen atoms in total. The van der Waals surface area contributed by atoms with Crippen LogP contribution in [-0.4, -0.2) is 24.1 Å². The first-order valence-electron chi connectivity index (χ1n) is 3.73. The molecule has 0 aliphatic heterocycles. The standard InChI is InChI=1S/C9H13NO2/c1-4-7-9(11)10(6-3)12-8-5-2/h1,5H,2,6-8H2,3H3. The van der Waals surface area contributed by atoms with Crippen LogP contribution in [0.2, 0.25) is 0 Å². The van der Waals surface area contributed by atoms with Gasteiger partial charge in [0.2, 0.25) is 0 Å². The van der Waals surface area contributed by atoms with Gasteiger partial charge >= 0.3 is 0 Å². The third kappa shape index (κ3) is 3.79. The van der Waals surface area contributed by atoms with Crippen molar-refractivity contribution in [1.29, 1.82) is 0 Å². The SMILES string of the molecule is C#CCC(=O)N(CC)OCC=C. The lowest BCUT2D eigenvalue weighted by molar-refractivity contribution is -0.179. The third-order valence-electron chi connectivity index (χ3n) is 1.17. The summed E-state index contributed by atoms with van der Waals surface area (Å²) in [4.78, 5) is 16.1. The maximum atomic E-state index is 11.1. The second-order valence-electron chi connectivity index (χ2n) is 2.05. The van der Waals surface area contributed by atoms with Crippen molar-refractivity contribution in [3.05, 3.63) is 12.7 Å². The van der Waals surface area contributed by atoms with Crippen LogP contribution in [0.15, 0.2) is 12.7 Å². The summed E-state index contributed by atoms with van der Waals surface area (Å²) in [5, 5.41) is 1.24. The molecule has 0 saturated heterocycles. The molecular formula is C9H13NO2. The number of amides is 1. The van der Waals surface area contributed by atoms with E-state index in [1.54, 1.807) is 6.08 Å². The molecule has 0 aromatic carbocycles. The highest BCUT2D eigenvalue weighted by molar-refractivity contribution is 5.77. The van der Waals surface area contributed by atoms with Crippen molar-refractivity contribution in [3.63, 3.8) is 0 Å². The van der Waals surface area contributed by atoms with Gasteiger partial charge in [0.05, 0.1) is 13.0 Å². The van der Waals surface area contributed by atoms with Crippen LogP contribution in [0.1, 0.15) is 13.3 Å². The fourth-order valence-corrected chi connectivity index (χ4v) is 0.658. The Morgan fingerprint density at radius 3 is 2.92 bits per heavy atom. The summed E-state index contributed by atoms with van der Waals surface area (Å²) in [6, 6.07) is 0. The van der Waals surface area contributed by atoms with Crippen molar-refractivity contribution in [2.45, 2.75) is 13.3 Å². The lowest BCUT2D eigenvalue weighted by atomic mass is 10.4. The summed E-state index contributed by atoms with van der Waals surface area (Å²) in [7, 11) is 0. The molecule has 0 unspecified atom stereocenters. The highest BCUT2D eigenvalue weighted by atomic mass is 16.7. The Kier molecular flexibility index (Phi) is 5.76. The highest BCUT2D eigenvalue weighted by Gasteiger charge is 2.09. The molecule has 0 rings (SSSR count). The summed E-state index contributed by atoms with van der Waals surface area (Å²) >= 11 is 0. The highest BCUT2D eigenvalue weighted by Crippen LogP contribution is 1.94. The molecular weight excluding hydrogens is 154 g/mol. The number of carbonyl (C=O) groups is 1. The maximum Gasteiger partial charge on any atom is 0.258 e. The van der Waals surface area contributed by atoms with Gasteiger partial charge in [-0.05, 0) is 6.92 Å². The van der Waals surface area contributed by atoms with Crippen molar-refractivity contribution in [2.24, 2.45) is 0 Å². The van der Waals surface area contributed by atoms with Gasteiger partial charge in [0.25, 0.3) is 5.91 Å². The first kappa shape index (κ1) is 10.7. The van der Waals surface area contributed by atoms with Gasteiger partial charge in [0.15, 0.2) is 0 Å². The fourth-order valence-electron chi connectivity index (χ4n) is 0.658. The average molecular weight is 167 g/mol. The molecule has 66 valence electrons. The number of carbonyl (C=O) groups excluding carboxylic acids is 1. The quantitative estimate of drug-likeness (QED) is 0.347. The molecule has 1 amide bonds. The molecule has 0 aliphatic rings. The molecule has 12 heavy (non-hydrogen) atoms. The molecule has 0 bridgehead atoms. The van der Waals surface area contributed by atoms with Crippen LogP contribution >= 0.6 is 0 Å². The van der Waals surface area contributed by atoms with E-state index in [0.717, 1.165) is 0 Å². The number of rotatable bonds is 5. The minimum absolute atomic E-state index is 0.0744. The van der Waals surface area contributed by atoms with Crippen molar-refractivity contribution in [3.8, 4) is 12.3 Å². The Morgan fingerprint density at radius 2 is 2.50 bits per heavy atom. The van der Waals surface area contributed by atoms with Gasteiger partial charge < -0.3 is 0 Å². The lowest BCUT2D eigenvalue weighted by Gasteiger charge is -2.17. The van der Waals surface area contributed by atoms with Gasteiger partial charge in [0.1, 0.15) is 0 Å². The fraction of sp³-hybridized carbons (Fsp3) is 0.444. The van der Waals surface area contributed by atoms with Gasteiger partial charge in [-0.25, -0.2) is 5.06 Å².